The van der Waals surface area contributed by atoms with Crippen LogP contribution in [0.2, 0.25) is 0 Å². The molecule has 1 heterocycles. The van der Waals surface area contributed by atoms with Crippen LogP contribution in [-0.2, 0) is 0 Å². The van der Waals surface area contributed by atoms with E-state index in [2.05, 4.69) is 0 Å². The molecule has 0 bridgehead atoms. The molecular formula is C7H15N3O. The zero-order valence-electron chi connectivity index (χ0n) is 6.62. The summed E-state index contributed by atoms with van der Waals surface area (Å²) in [7, 11) is 0. The molecule has 0 aliphatic carbocycles. The van der Waals surface area contributed by atoms with Gasteiger partial charge in [-0.2, -0.15) is 0 Å². The molecule has 0 radical (unpaired) electrons. The minimum atomic E-state index is -0.345. The Kier molecular flexibility index (Phi) is 2.70. The van der Waals surface area contributed by atoms with Gasteiger partial charge in [-0.15, -0.1) is 0 Å². The normalized spacial score (nSPS) is 26.3. The molecule has 2 amide bonds. The van der Waals surface area contributed by atoms with Crippen LogP contribution in [0.15, 0.2) is 0 Å². The molecule has 0 aromatic carbocycles. The van der Waals surface area contributed by atoms with Gasteiger partial charge in [0.25, 0.3) is 0 Å². The van der Waals surface area contributed by atoms with Gasteiger partial charge in [-0.3, -0.25) is 0 Å². The molecule has 1 rings (SSSR count). The second-order valence-corrected chi connectivity index (χ2v) is 3.04. The van der Waals surface area contributed by atoms with E-state index in [0.29, 0.717) is 6.54 Å². The van der Waals surface area contributed by atoms with Gasteiger partial charge in [0.05, 0.1) is 0 Å². The van der Waals surface area contributed by atoms with Crippen molar-refractivity contribution in [2.75, 3.05) is 13.1 Å². The minimum Gasteiger partial charge on any atom is -0.351 e. The van der Waals surface area contributed by atoms with Gasteiger partial charge in [0, 0.05) is 19.1 Å². The first-order valence-electron chi connectivity index (χ1n) is 4.00. The third-order valence-corrected chi connectivity index (χ3v) is 2.02. The van der Waals surface area contributed by atoms with Crippen LogP contribution in [0.3, 0.4) is 0 Å². The number of nitrogens with two attached hydrogens (primary N) is 2. The Morgan fingerprint density at radius 2 is 2.18 bits per heavy atom. The lowest BCUT2D eigenvalue weighted by molar-refractivity contribution is 0.207. The van der Waals surface area contributed by atoms with Crippen molar-refractivity contribution in [3.8, 4) is 0 Å². The largest absolute Gasteiger partial charge is 0.351 e. The molecule has 11 heavy (non-hydrogen) atoms. The van der Waals surface area contributed by atoms with E-state index >= 15 is 0 Å². The predicted octanol–water partition coefficient (Wildman–Crippen LogP) is -0.122. The first kappa shape index (κ1) is 8.33. The molecule has 0 aromatic heterocycles. The minimum absolute atomic E-state index is 0.116. The van der Waals surface area contributed by atoms with Crippen LogP contribution in [0.5, 0.6) is 0 Å². The van der Waals surface area contributed by atoms with E-state index in [9.17, 15) is 4.79 Å². The lowest BCUT2D eigenvalue weighted by Crippen LogP contribution is -2.42. The van der Waals surface area contributed by atoms with Crippen molar-refractivity contribution in [2.24, 2.45) is 11.5 Å². The van der Waals surface area contributed by atoms with Gasteiger partial charge < -0.3 is 16.4 Å². The quantitative estimate of drug-likeness (QED) is 0.514. The Bertz CT molecular complexity index is 149. The molecule has 0 saturated carbocycles. The van der Waals surface area contributed by atoms with E-state index in [-0.39, 0.29) is 12.1 Å². The van der Waals surface area contributed by atoms with Gasteiger partial charge in [0.2, 0.25) is 0 Å². The number of urea groups is 1. The van der Waals surface area contributed by atoms with E-state index in [1.165, 1.54) is 0 Å². The fourth-order valence-corrected chi connectivity index (χ4v) is 1.38. The second-order valence-electron chi connectivity index (χ2n) is 3.04. The molecule has 1 atom stereocenters. The topological polar surface area (TPSA) is 72.4 Å². The SMILES string of the molecule is NC(=O)N1CCCCC(N)C1. The molecule has 1 fully saturated rings. The van der Waals surface area contributed by atoms with Crippen LogP contribution in [0.1, 0.15) is 19.3 Å². The highest BCUT2D eigenvalue weighted by molar-refractivity contribution is 5.72. The summed E-state index contributed by atoms with van der Waals surface area (Å²) in [6.07, 6.45) is 3.13. The molecule has 1 unspecified atom stereocenters. The van der Waals surface area contributed by atoms with Crippen LogP contribution in [-0.4, -0.2) is 30.1 Å². The number of carbonyl (C=O) groups excluding carboxylic acids is 1. The number of likely N-dealkylation sites (tertiary alicyclic amines) is 1. The smallest absolute Gasteiger partial charge is 0.314 e. The Morgan fingerprint density at radius 3 is 2.82 bits per heavy atom. The van der Waals surface area contributed by atoms with Crippen LogP contribution in [0, 0.1) is 0 Å². The Balaban J connectivity index is 2.45. The monoisotopic (exact) mass is 157 g/mol. The van der Waals surface area contributed by atoms with Gasteiger partial charge in [-0.1, -0.05) is 6.42 Å². The van der Waals surface area contributed by atoms with Crippen molar-refractivity contribution < 1.29 is 4.79 Å². The maximum absolute atomic E-state index is 10.7. The van der Waals surface area contributed by atoms with E-state index < -0.39 is 0 Å². The summed E-state index contributed by atoms with van der Waals surface area (Å²) in [5, 5.41) is 0. The molecule has 4 heteroatoms. The van der Waals surface area contributed by atoms with Gasteiger partial charge >= 0.3 is 6.03 Å². The van der Waals surface area contributed by atoms with Gasteiger partial charge in [0.15, 0.2) is 0 Å². The number of hydrogen-bond acceptors (Lipinski definition) is 2. The molecule has 4 nitrogen and oxygen atoms in total. The highest BCUT2D eigenvalue weighted by atomic mass is 16.2. The van der Waals surface area contributed by atoms with E-state index in [4.69, 9.17) is 11.5 Å². The van der Waals surface area contributed by atoms with Crippen LogP contribution in [0.25, 0.3) is 0 Å². The lowest BCUT2D eigenvalue weighted by Gasteiger charge is -2.19. The van der Waals surface area contributed by atoms with Crippen LogP contribution >= 0.6 is 0 Å². The second kappa shape index (κ2) is 3.57. The maximum atomic E-state index is 10.7. The third-order valence-electron chi connectivity index (χ3n) is 2.02. The van der Waals surface area contributed by atoms with Crippen molar-refractivity contribution >= 4 is 6.03 Å². The first-order valence-corrected chi connectivity index (χ1v) is 4.00. The van der Waals surface area contributed by atoms with Crippen molar-refractivity contribution in [1.29, 1.82) is 0 Å². The van der Waals surface area contributed by atoms with Gasteiger partial charge in [-0.05, 0) is 12.8 Å². The van der Waals surface area contributed by atoms with Crippen molar-refractivity contribution in [3.63, 3.8) is 0 Å². The summed E-state index contributed by atoms with van der Waals surface area (Å²) >= 11 is 0. The van der Waals surface area contributed by atoms with Crippen LogP contribution in [0.4, 0.5) is 4.79 Å². The lowest BCUT2D eigenvalue weighted by atomic mass is 10.2. The molecular weight excluding hydrogens is 142 g/mol. The summed E-state index contributed by atoms with van der Waals surface area (Å²) < 4.78 is 0. The van der Waals surface area contributed by atoms with Crippen LogP contribution < -0.4 is 11.5 Å². The summed E-state index contributed by atoms with van der Waals surface area (Å²) in [5.74, 6) is 0. The number of carbonyl (C=O) groups is 1. The van der Waals surface area contributed by atoms with Crippen molar-refractivity contribution in [3.05, 3.63) is 0 Å². The van der Waals surface area contributed by atoms with Gasteiger partial charge in [0.1, 0.15) is 0 Å². The fraction of sp³-hybridized carbons (Fsp3) is 0.857. The molecule has 64 valence electrons. The molecule has 4 N–H and O–H groups in total. The number of amides is 2. The van der Waals surface area contributed by atoms with E-state index in [1.54, 1.807) is 4.90 Å². The number of hydrogen-bond donors (Lipinski definition) is 2. The number of rotatable bonds is 0. The molecule has 1 aliphatic heterocycles. The van der Waals surface area contributed by atoms with Crippen molar-refractivity contribution in [1.82, 2.24) is 4.90 Å². The highest BCUT2D eigenvalue weighted by Crippen LogP contribution is 2.08. The number of nitrogens with zero attached hydrogens (tertiary/aromatic N) is 1. The summed E-state index contributed by atoms with van der Waals surface area (Å²) in [5.41, 5.74) is 10.8. The highest BCUT2D eigenvalue weighted by Gasteiger charge is 2.16. The van der Waals surface area contributed by atoms with E-state index in [1.807, 2.05) is 0 Å². The molecule has 1 saturated heterocycles. The van der Waals surface area contributed by atoms with E-state index in [0.717, 1.165) is 25.8 Å². The Labute approximate surface area is 66.5 Å². The molecule has 0 spiro atoms. The predicted molar refractivity (Wildman–Crippen MR) is 43.0 cm³/mol. The molecule has 0 aromatic rings. The van der Waals surface area contributed by atoms with Crippen molar-refractivity contribution in [2.45, 2.75) is 25.3 Å². The summed E-state index contributed by atoms with van der Waals surface area (Å²) in [4.78, 5) is 12.4. The Morgan fingerprint density at radius 1 is 1.45 bits per heavy atom. The standard InChI is InChI=1S/C7H15N3O/c8-6-3-1-2-4-10(5-6)7(9)11/h6H,1-5,8H2,(H2,9,11). The first-order chi connectivity index (χ1) is 5.20. The summed E-state index contributed by atoms with van der Waals surface area (Å²) in [6, 6.07) is -0.229. The zero-order chi connectivity index (χ0) is 8.27. The molecule has 1 aliphatic rings. The number of primary amides is 1. The zero-order valence-corrected chi connectivity index (χ0v) is 6.62. The Hall–Kier alpha value is -0.770. The van der Waals surface area contributed by atoms with Gasteiger partial charge in [-0.25, -0.2) is 4.79 Å². The third kappa shape index (κ3) is 2.38. The average molecular weight is 157 g/mol. The average Bonchev–Trinajstić information content (AvgIpc) is 2.13. The summed E-state index contributed by atoms with van der Waals surface area (Å²) in [6.45, 7) is 1.39. The fourth-order valence-electron chi connectivity index (χ4n) is 1.38. The maximum Gasteiger partial charge on any atom is 0.314 e.